The van der Waals surface area contributed by atoms with E-state index >= 15 is 0 Å². The predicted octanol–water partition coefficient (Wildman–Crippen LogP) is 1.20. The van der Waals surface area contributed by atoms with Crippen LogP contribution >= 0.6 is 0 Å². The van der Waals surface area contributed by atoms with Gasteiger partial charge in [-0.2, -0.15) is 13.2 Å². The van der Waals surface area contributed by atoms with E-state index in [1.165, 1.54) is 23.4 Å². The van der Waals surface area contributed by atoms with Gasteiger partial charge in [0.2, 0.25) is 5.91 Å². The molecular formula is C19H21F3N6O3. The van der Waals surface area contributed by atoms with Crippen molar-refractivity contribution in [3.8, 4) is 0 Å². The molecule has 0 unspecified atom stereocenters. The number of nitrogens with zero attached hydrogens (tertiary/aromatic N) is 3. The molecule has 0 bridgehead atoms. The van der Waals surface area contributed by atoms with E-state index < -0.39 is 36.2 Å². The minimum atomic E-state index is -4.33. The van der Waals surface area contributed by atoms with Crippen molar-refractivity contribution >= 4 is 28.8 Å². The first kappa shape index (κ1) is 21.1. The largest absolute Gasteiger partial charge is 0.393 e. The molecule has 2 fully saturated rings. The fourth-order valence-corrected chi connectivity index (χ4v) is 3.72. The monoisotopic (exact) mass is 438 g/mol. The highest BCUT2D eigenvalue weighted by Crippen LogP contribution is 2.44. The number of rotatable bonds is 5. The van der Waals surface area contributed by atoms with Gasteiger partial charge in [-0.1, -0.05) is 6.58 Å². The van der Waals surface area contributed by atoms with E-state index in [0.717, 1.165) is 0 Å². The van der Waals surface area contributed by atoms with Crippen LogP contribution in [0.15, 0.2) is 25.0 Å². The lowest BCUT2D eigenvalue weighted by Gasteiger charge is -2.35. The average Bonchev–Trinajstić information content (AvgIpc) is 3.38. The number of alkyl halides is 3. The summed E-state index contributed by atoms with van der Waals surface area (Å²) in [6.07, 6.45) is -0.891. The van der Waals surface area contributed by atoms with Crippen molar-refractivity contribution in [3.63, 3.8) is 0 Å². The number of likely N-dealkylation sites (tertiary alicyclic amines) is 1. The number of β-amino-alcohol motifs (C(OH)–C–C–N with tert-alkyl or cyclic N) is 1. The first-order valence-electron chi connectivity index (χ1n) is 9.75. The number of piperidine rings is 1. The van der Waals surface area contributed by atoms with Gasteiger partial charge in [-0.15, -0.1) is 0 Å². The van der Waals surface area contributed by atoms with Crippen molar-refractivity contribution in [2.45, 2.75) is 37.2 Å². The van der Waals surface area contributed by atoms with Crippen molar-refractivity contribution in [1.82, 2.24) is 25.2 Å². The lowest BCUT2D eigenvalue weighted by atomic mass is 10.0. The molecule has 12 heteroatoms. The maximum Gasteiger partial charge on any atom is 0.393 e. The molecule has 0 radical (unpaired) electrons. The summed E-state index contributed by atoms with van der Waals surface area (Å²) in [5, 5.41) is 15.8. The van der Waals surface area contributed by atoms with Crippen LogP contribution in [-0.4, -0.2) is 74.2 Å². The zero-order chi connectivity index (χ0) is 22.3. The van der Waals surface area contributed by atoms with Gasteiger partial charge < -0.3 is 25.6 Å². The van der Waals surface area contributed by atoms with Gasteiger partial charge in [-0.05, 0) is 18.9 Å². The molecule has 4 atom stereocenters. The molecular weight excluding hydrogens is 417 g/mol. The Labute approximate surface area is 174 Å². The summed E-state index contributed by atoms with van der Waals surface area (Å²) in [6.45, 7) is 4.00. The lowest BCUT2D eigenvalue weighted by molar-refractivity contribution is -0.148. The van der Waals surface area contributed by atoms with Gasteiger partial charge in [0.05, 0.1) is 29.8 Å². The standard InChI is InChI=1S/C19H21F3N6O3/c1-2-15(30)28-4-3-11(13(29)8-28)25-14-7-24-17-16(27-14)9(6-23-17)18(31)26-12-5-10(12)19(20,21)22/h2,6-7,10-13,29H,1,3-5,8H2,(H,23,24)(H,25,27)(H,26,31)/t10-,11-,12-,13+/m1/s1. The molecule has 0 aromatic carbocycles. The molecule has 1 saturated heterocycles. The Morgan fingerprint density at radius 3 is 2.77 bits per heavy atom. The smallest absolute Gasteiger partial charge is 0.389 e. The third kappa shape index (κ3) is 4.33. The zero-order valence-corrected chi connectivity index (χ0v) is 16.3. The van der Waals surface area contributed by atoms with Crippen molar-refractivity contribution in [2.75, 3.05) is 18.4 Å². The number of H-pyrrole nitrogens is 1. The minimum absolute atomic E-state index is 0.0888. The average molecular weight is 438 g/mol. The molecule has 31 heavy (non-hydrogen) atoms. The van der Waals surface area contributed by atoms with Crippen LogP contribution in [0.25, 0.3) is 11.2 Å². The van der Waals surface area contributed by atoms with Crippen LogP contribution in [0, 0.1) is 5.92 Å². The van der Waals surface area contributed by atoms with Crippen LogP contribution in [0.3, 0.4) is 0 Å². The van der Waals surface area contributed by atoms with E-state index in [2.05, 4.69) is 32.2 Å². The van der Waals surface area contributed by atoms with Crippen LogP contribution in [0.5, 0.6) is 0 Å². The van der Waals surface area contributed by atoms with Crippen molar-refractivity contribution in [3.05, 3.63) is 30.6 Å². The van der Waals surface area contributed by atoms with E-state index in [-0.39, 0.29) is 30.0 Å². The summed E-state index contributed by atoms with van der Waals surface area (Å²) < 4.78 is 38.1. The van der Waals surface area contributed by atoms with E-state index in [9.17, 15) is 27.9 Å². The molecule has 3 heterocycles. The number of aliphatic hydroxyl groups is 1. The first-order valence-corrected chi connectivity index (χ1v) is 9.75. The molecule has 1 aliphatic carbocycles. The number of fused-ring (bicyclic) bond motifs is 1. The van der Waals surface area contributed by atoms with E-state index in [4.69, 9.17) is 0 Å². The number of aromatic amines is 1. The second-order valence-corrected chi connectivity index (χ2v) is 7.71. The van der Waals surface area contributed by atoms with Gasteiger partial charge in [-0.3, -0.25) is 9.59 Å². The fraction of sp³-hybridized carbons (Fsp3) is 0.474. The van der Waals surface area contributed by atoms with Crippen LogP contribution in [-0.2, 0) is 4.79 Å². The van der Waals surface area contributed by atoms with Crippen molar-refractivity contribution in [1.29, 1.82) is 0 Å². The molecule has 2 aliphatic rings. The maximum atomic E-state index is 12.7. The van der Waals surface area contributed by atoms with Crippen molar-refractivity contribution < 1.29 is 27.9 Å². The number of anilines is 1. The Bertz CT molecular complexity index is 1020. The number of nitrogens with one attached hydrogen (secondary N) is 3. The number of aromatic nitrogens is 3. The Morgan fingerprint density at radius 2 is 2.13 bits per heavy atom. The molecule has 1 saturated carbocycles. The summed E-state index contributed by atoms with van der Waals surface area (Å²) in [7, 11) is 0. The molecule has 2 amide bonds. The van der Waals surface area contributed by atoms with Gasteiger partial charge in [0.1, 0.15) is 11.3 Å². The summed E-state index contributed by atoms with van der Waals surface area (Å²) in [6, 6.07) is -1.33. The van der Waals surface area contributed by atoms with Gasteiger partial charge in [0.25, 0.3) is 5.91 Å². The quantitative estimate of drug-likeness (QED) is 0.521. The van der Waals surface area contributed by atoms with Gasteiger partial charge in [0, 0.05) is 25.3 Å². The number of hydrogen-bond donors (Lipinski definition) is 4. The highest BCUT2D eigenvalue weighted by Gasteiger charge is 2.56. The van der Waals surface area contributed by atoms with Crippen molar-refractivity contribution in [2.24, 2.45) is 5.92 Å². The van der Waals surface area contributed by atoms with Crippen LogP contribution in [0.1, 0.15) is 23.2 Å². The summed E-state index contributed by atoms with van der Waals surface area (Å²) >= 11 is 0. The SMILES string of the molecule is C=CC(=O)N1CC[C@@H](Nc2cnc3[nH]cc(C(=O)N[C@@H]4C[C@H]4C(F)(F)F)c3n2)[C@@H](O)C1. The number of halogens is 3. The third-order valence-electron chi connectivity index (χ3n) is 5.55. The van der Waals surface area contributed by atoms with Crippen LogP contribution in [0.4, 0.5) is 19.0 Å². The van der Waals surface area contributed by atoms with E-state index in [1.54, 1.807) is 0 Å². The number of hydrogen-bond acceptors (Lipinski definition) is 6. The molecule has 2 aromatic rings. The minimum Gasteiger partial charge on any atom is -0.389 e. The Balaban J connectivity index is 1.44. The third-order valence-corrected chi connectivity index (χ3v) is 5.55. The zero-order valence-electron chi connectivity index (χ0n) is 16.3. The van der Waals surface area contributed by atoms with Gasteiger partial charge in [-0.25, -0.2) is 9.97 Å². The molecule has 0 spiro atoms. The second-order valence-electron chi connectivity index (χ2n) is 7.71. The Morgan fingerprint density at radius 1 is 1.35 bits per heavy atom. The summed E-state index contributed by atoms with van der Waals surface area (Å²) in [5.74, 6) is -2.14. The Kier molecular flexibility index (Phi) is 5.33. The fourth-order valence-electron chi connectivity index (χ4n) is 3.72. The molecule has 4 rings (SSSR count). The molecule has 9 nitrogen and oxygen atoms in total. The Hall–Kier alpha value is -3.15. The summed E-state index contributed by atoms with van der Waals surface area (Å²) in [4.78, 5) is 37.0. The molecule has 4 N–H and O–H groups in total. The second kappa shape index (κ2) is 7.84. The molecule has 166 valence electrons. The van der Waals surface area contributed by atoms with Crippen LogP contribution in [0.2, 0.25) is 0 Å². The predicted molar refractivity (Wildman–Crippen MR) is 104 cm³/mol. The van der Waals surface area contributed by atoms with E-state index in [1.807, 2.05) is 0 Å². The molecule has 1 aliphatic heterocycles. The lowest BCUT2D eigenvalue weighted by Crippen LogP contribution is -2.51. The van der Waals surface area contributed by atoms with Crippen LogP contribution < -0.4 is 10.6 Å². The highest BCUT2D eigenvalue weighted by atomic mass is 19.4. The number of carbonyl (C=O) groups excluding carboxylic acids is 2. The number of amides is 2. The van der Waals surface area contributed by atoms with E-state index in [0.29, 0.717) is 24.4 Å². The topological polar surface area (TPSA) is 123 Å². The highest BCUT2D eigenvalue weighted by molar-refractivity contribution is 6.04. The maximum absolute atomic E-state index is 12.7. The van der Waals surface area contributed by atoms with Gasteiger partial charge in [0.15, 0.2) is 5.65 Å². The van der Waals surface area contributed by atoms with Gasteiger partial charge >= 0.3 is 6.18 Å². The summed E-state index contributed by atoms with van der Waals surface area (Å²) in [5.41, 5.74) is 0.609. The first-order chi connectivity index (χ1) is 14.7. The number of aliphatic hydroxyl groups excluding tert-OH is 1. The molecule has 2 aromatic heterocycles. The number of carbonyl (C=O) groups is 2. The normalized spacial score (nSPS) is 25.9.